The average molecular weight is 1610 g/mol. The number of alkyl halides is 10. The molecule has 14 atom stereocenters. The Bertz CT molecular complexity index is 2960. The van der Waals surface area contributed by atoms with Crippen molar-refractivity contribution in [1.82, 2.24) is 9.80 Å². The van der Waals surface area contributed by atoms with Crippen LogP contribution in [0.4, 0.5) is 43.9 Å². The summed E-state index contributed by atoms with van der Waals surface area (Å²) in [6.45, 7) is 10.5. The molecular weight excluding hydrogens is 1500 g/mol. The van der Waals surface area contributed by atoms with Crippen LogP contribution in [-0.2, 0) is 53.5 Å². The number of nitrogens with zero attached hydrogens (tertiary/aromatic N) is 2. The second-order valence-electron chi connectivity index (χ2n) is 31.0. The molecule has 2 aromatic carbocycles. The molecule has 0 aromatic heterocycles. The Hall–Kier alpha value is -2.73. The topological polar surface area (TPSA) is 183 Å². The van der Waals surface area contributed by atoms with Crippen LogP contribution in [0.15, 0.2) is 36.4 Å². The number of aromatic hydroxyl groups is 1. The second-order valence-corrected chi connectivity index (χ2v) is 34.4. The van der Waals surface area contributed by atoms with Crippen molar-refractivity contribution in [1.29, 1.82) is 0 Å². The van der Waals surface area contributed by atoms with Crippen molar-refractivity contribution in [3.63, 3.8) is 0 Å². The van der Waals surface area contributed by atoms with E-state index < -0.39 is 77.4 Å². The SMILES string of the molecule is C[C@]12CC[C@@H]3c4ccc(O)cc4C[C@@H](CCCCCCCCCS(=O)CCCC(F)(F)C(F)(F)F)[C@H]3[C@@H]1CC[C@@H]2O.C[C@]12CC[C@@H]3c4ccc(OC(=O)CN5CCOCC5)cc4C[C@@H](CCCCCCCCCS(=O)CCCC(F)(F)C(F)(F)F)[C@H]3[C@@H]1CC[C@@H]2O.I.O=C(O)CN1CCOCC1. The highest BCUT2D eigenvalue weighted by Gasteiger charge is 2.60. The molecule has 584 valence electrons. The highest BCUT2D eigenvalue weighted by Crippen LogP contribution is 2.65. The average Bonchev–Trinajstić information content (AvgIpc) is 1.42. The zero-order valence-electron chi connectivity index (χ0n) is 59.9. The number of morpholine rings is 2. The maximum atomic E-state index is 13.0. The van der Waals surface area contributed by atoms with Gasteiger partial charge in [-0.1, -0.05) is 103 Å². The number of carbonyl (C=O) groups is 2. The molecule has 2 saturated heterocycles. The summed E-state index contributed by atoms with van der Waals surface area (Å²) in [5.74, 6) is -4.81. The number of hydrogen-bond donors (Lipinski definition) is 4. The lowest BCUT2D eigenvalue weighted by atomic mass is 9.52. The first kappa shape index (κ1) is 86.5. The number of rotatable bonds is 33. The van der Waals surface area contributed by atoms with Gasteiger partial charge in [0.05, 0.1) is 51.7 Å². The molecule has 6 aliphatic carbocycles. The molecule has 6 fully saturated rings. The molecule has 4 saturated carbocycles. The number of hydrogen-bond acceptors (Lipinski definition) is 12. The van der Waals surface area contributed by atoms with E-state index in [0.29, 0.717) is 110 Å². The maximum Gasteiger partial charge on any atom is 0.453 e. The van der Waals surface area contributed by atoms with Crippen LogP contribution in [0.1, 0.15) is 228 Å². The number of carboxylic acid groups (broad SMARTS) is 1. The summed E-state index contributed by atoms with van der Waals surface area (Å²) in [4.78, 5) is 26.9. The smallest absolute Gasteiger partial charge is 0.453 e. The Balaban J connectivity index is 0.000000252. The summed E-state index contributed by atoms with van der Waals surface area (Å²) < 4.78 is 166. The molecule has 0 amide bonds. The summed E-state index contributed by atoms with van der Waals surface area (Å²) in [7, 11) is -2.73. The quantitative estimate of drug-likeness (QED) is 0.0174. The molecule has 2 heterocycles. The summed E-state index contributed by atoms with van der Waals surface area (Å²) in [5, 5.41) is 40.4. The largest absolute Gasteiger partial charge is 0.508 e. The van der Waals surface area contributed by atoms with Crippen molar-refractivity contribution in [3.05, 3.63) is 58.7 Å². The summed E-state index contributed by atoms with van der Waals surface area (Å²) >= 11 is 0. The maximum absolute atomic E-state index is 13.0. The van der Waals surface area contributed by atoms with Crippen molar-refractivity contribution in [3.8, 4) is 11.5 Å². The van der Waals surface area contributed by atoms with Gasteiger partial charge in [0, 0.05) is 83.6 Å². The van der Waals surface area contributed by atoms with Gasteiger partial charge in [-0.2, -0.15) is 43.9 Å². The molecule has 0 bridgehead atoms. The number of ether oxygens (including phenoxy) is 3. The minimum atomic E-state index is -5.55. The van der Waals surface area contributed by atoms with Gasteiger partial charge in [0.15, 0.2) is 0 Å². The number of unbranched alkanes of at least 4 members (excludes halogenated alkanes) is 12. The van der Waals surface area contributed by atoms with Gasteiger partial charge in [0.1, 0.15) is 11.5 Å². The predicted molar refractivity (Wildman–Crippen MR) is 387 cm³/mol. The fourth-order valence-corrected chi connectivity index (χ4v) is 21.1. The van der Waals surface area contributed by atoms with Gasteiger partial charge in [0.2, 0.25) is 0 Å². The minimum Gasteiger partial charge on any atom is -0.508 e. The van der Waals surface area contributed by atoms with Crippen LogP contribution in [-0.4, -0.2) is 176 Å². The van der Waals surface area contributed by atoms with Crippen LogP contribution in [0.25, 0.3) is 0 Å². The monoisotopic (exact) mass is 1610 g/mol. The molecule has 102 heavy (non-hydrogen) atoms. The lowest BCUT2D eigenvalue weighted by Crippen LogP contribution is -2.47. The van der Waals surface area contributed by atoms with Gasteiger partial charge in [-0.25, -0.2) is 0 Å². The third-order valence-electron chi connectivity index (χ3n) is 24.3. The van der Waals surface area contributed by atoms with E-state index in [1.165, 1.54) is 22.3 Å². The molecular formula is C76H115F10IN2O11S2. The van der Waals surface area contributed by atoms with Gasteiger partial charge in [-0.15, -0.1) is 24.0 Å². The number of phenolic OH excluding ortho intramolecular Hbond substituents is 1. The molecule has 13 nitrogen and oxygen atoms in total. The first-order chi connectivity index (χ1) is 47.9. The first-order valence-corrected chi connectivity index (χ1v) is 40.8. The van der Waals surface area contributed by atoms with Crippen molar-refractivity contribution < 1.29 is 96.5 Å². The van der Waals surface area contributed by atoms with E-state index in [0.717, 1.165) is 180 Å². The van der Waals surface area contributed by atoms with Crippen LogP contribution in [0.3, 0.4) is 0 Å². The van der Waals surface area contributed by atoms with E-state index in [2.05, 4.69) is 36.9 Å². The number of aliphatic carboxylic acids is 1. The van der Waals surface area contributed by atoms with Crippen LogP contribution < -0.4 is 4.74 Å². The van der Waals surface area contributed by atoms with E-state index >= 15 is 0 Å². The van der Waals surface area contributed by atoms with Gasteiger partial charge in [0.25, 0.3) is 0 Å². The van der Waals surface area contributed by atoms with Crippen LogP contribution in [0, 0.1) is 46.3 Å². The van der Waals surface area contributed by atoms with Gasteiger partial charge < -0.3 is 34.6 Å². The Morgan fingerprint density at radius 1 is 0.529 bits per heavy atom. The number of carboxylic acids is 1. The van der Waals surface area contributed by atoms with Crippen LogP contribution in [0.2, 0.25) is 0 Å². The minimum absolute atomic E-state index is 0. The second kappa shape index (κ2) is 40.1. The Labute approximate surface area is 620 Å². The number of fused-ring (bicyclic) bond motifs is 10. The fraction of sp³-hybridized carbons (Fsp3) is 0.816. The molecule has 0 spiro atoms. The van der Waals surface area contributed by atoms with Crippen molar-refractivity contribution in [2.75, 3.05) is 88.7 Å². The van der Waals surface area contributed by atoms with Crippen molar-refractivity contribution in [2.45, 2.75) is 255 Å². The number of halogens is 11. The molecule has 26 heteroatoms. The molecule has 2 aliphatic heterocycles. The number of esters is 1. The number of benzene rings is 2. The summed E-state index contributed by atoms with van der Waals surface area (Å²) in [5.41, 5.74) is 5.39. The van der Waals surface area contributed by atoms with Gasteiger partial charge in [-0.3, -0.25) is 27.8 Å². The number of aliphatic hydroxyl groups excluding tert-OH is 2. The zero-order chi connectivity index (χ0) is 73.2. The van der Waals surface area contributed by atoms with Crippen LogP contribution in [0.5, 0.6) is 11.5 Å². The van der Waals surface area contributed by atoms with Crippen molar-refractivity contribution >= 4 is 57.5 Å². The molecule has 2 aromatic rings. The number of phenols is 1. The molecule has 8 aliphatic rings. The van der Waals surface area contributed by atoms with E-state index in [9.17, 15) is 77.2 Å². The Kier molecular flexibility index (Phi) is 34.0. The molecule has 2 unspecified atom stereocenters. The van der Waals surface area contributed by atoms with E-state index in [-0.39, 0.29) is 77.6 Å². The Morgan fingerprint density at radius 3 is 1.33 bits per heavy atom. The third kappa shape index (κ3) is 24.1. The first-order valence-electron chi connectivity index (χ1n) is 37.8. The van der Waals surface area contributed by atoms with Crippen LogP contribution >= 0.6 is 24.0 Å². The normalized spacial score (nSPS) is 28.6. The standard InChI is InChI=1S/C38H56F5NO5S.C32H47F5O3S.C6H11NO3.HI/c1-36-17-15-31-30-12-11-29(49-34(46)26-44-18-20-48-21-19-44)25-28(30)24-27(35(31)32(36)13-14-33(36)45)10-7-5-3-2-4-6-8-22-50(47)23-9-16-37(39,40)38(41,42)43;1-30-17-15-26-25-12-11-24(38)21-23(25)20-22(29(26)27(30)13-14-28(30)39)10-7-5-3-2-4-6-8-18-41(40)19-9-16-31(33,34)32(35,36)37;8-6(9)5-7-1-3-10-4-2-7;/h11-12,25,27,31-33,35,45H,2-10,13-24,26H2,1H3;11-12,21-22,26-29,38-39H,2-10,13-20H2,1H3;1-5H2,(H,8,9);1H/t27-,31-,32+,33+,35-,36+,50?;22-,26-,27+,28+,29-,30+,41?;;/m11../s1. The highest BCUT2D eigenvalue weighted by atomic mass is 127. The zero-order valence-corrected chi connectivity index (χ0v) is 63.9. The van der Waals surface area contributed by atoms with E-state index in [1.807, 2.05) is 23.1 Å². The highest BCUT2D eigenvalue weighted by molar-refractivity contribution is 14.0. The van der Waals surface area contributed by atoms with E-state index in [1.54, 1.807) is 0 Å². The van der Waals surface area contributed by atoms with Gasteiger partial charge in [-0.05, 0) is 207 Å². The van der Waals surface area contributed by atoms with E-state index in [4.69, 9.17) is 19.3 Å². The lowest BCUT2D eigenvalue weighted by Gasteiger charge is -2.53. The van der Waals surface area contributed by atoms with Crippen molar-refractivity contribution in [2.24, 2.45) is 46.3 Å². The number of carbonyl (C=O) groups excluding carboxylic acids is 1. The molecule has 10 rings (SSSR count). The lowest BCUT2D eigenvalue weighted by molar-refractivity contribution is -0.284. The summed E-state index contributed by atoms with van der Waals surface area (Å²) in [6, 6.07) is 12.2. The molecule has 0 radical (unpaired) electrons. The predicted octanol–water partition coefficient (Wildman–Crippen LogP) is 16.9. The fourth-order valence-electron chi connectivity index (χ4n) is 18.7. The molecule has 4 N–H and O–H groups in total. The third-order valence-corrected chi connectivity index (χ3v) is 27.2. The summed E-state index contributed by atoms with van der Waals surface area (Å²) in [6.07, 6.45) is 11.5. The van der Waals surface area contributed by atoms with Gasteiger partial charge >= 0.3 is 36.1 Å². The Morgan fingerprint density at radius 2 is 0.912 bits per heavy atom. The number of aliphatic hydroxyl groups is 2.